The van der Waals surface area contributed by atoms with Gasteiger partial charge in [-0.2, -0.15) is 0 Å². The Morgan fingerprint density at radius 1 is 0.333 bits per heavy atom. The molecule has 0 atom stereocenters. The lowest BCUT2D eigenvalue weighted by atomic mass is 9.67. The molecule has 268 valence electrons. The molecule has 0 saturated carbocycles. The third-order valence-electron chi connectivity index (χ3n) is 11.8. The fourth-order valence-electron chi connectivity index (χ4n) is 9.22. The first-order valence-electron chi connectivity index (χ1n) is 19.6. The number of hydrogen-bond acceptors (Lipinski definition) is 2. The third kappa shape index (κ3) is 5.37. The molecule has 1 aromatic heterocycles. The summed E-state index contributed by atoms with van der Waals surface area (Å²) in [6.07, 6.45) is 0. The molecule has 9 aromatic carbocycles. The first-order chi connectivity index (χ1) is 28.3. The molecule has 0 N–H and O–H groups in total. The largest absolute Gasteiger partial charge is 0.310 e. The van der Waals surface area contributed by atoms with Crippen LogP contribution in [0.5, 0.6) is 0 Å². The van der Waals surface area contributed by atoms with Crippen LogP contribution in [0.2, 0.25) is 0 Å². The normalized spacial score (nSPS) is 12.7. The predicted octanol–water partition coefficient (Wildman–Crippen LogP) is 15.2. The highest BCUT2D eigenvalue weighted by atomic mass is 32.1. The third-order valence-corrected chi connectivity index (χ3v) is 12.9. The number of benzene rings is 9. The van der Waals surface area contributed by atoms with Gasteiger partial charge in [0.05, 0.1) is 11.1 Å². The van der Waals surface area contributed by atoms with Crippen LogP contribution in [-0.2, 0) is 5.41 Å². The summed E-state index contributed by atoms with van der Waals surface area (Å²) < 4.78 is 2.58. The highest BCUT2D eigenvalue weighted by Crippen LogP contribution is 2.59. The van der Waals surface area contributed by atoms with Gasteiger partial charge in [-0.3, -0.25) is 0 Å². The maximum Gasteiger partial charge on any atom is 0.0713 e. The van der Waals surface area contributed by atoms with Crippen LogP contribution in [0.15, 0.2) is 224 Å². The number of anilines is 3. The molecule has 57 heavy (non-hydrogen) atoms. The monoisotopic (exact) mass is 743 g/mol. The maximum absolute atomic E-state index is 2.50. The van der Waals surface area contributed by atoms with Crippen molar-refractivity contribution in [3.63, 3.8) is 0 Å². The molecule has 0 radical (unpaired) electrons. The Kier molecular flexibility index (Phi) is 7.98. The van der Waals surface area contributed by atoms with E-state index in [0.717, 1.165) is 17.1 Å². The van der Waals surface area contributed by atoms with Gasteiger partial charge in [-0.25, -0.2) is 0 Å². The van der Waals surface area contributed by atoms with E-state index in [1.807, 2.05) is 11.3 Å². The number of thiophene rings is 1. The van der Waals surface area contributed by atoms with Crippen molar-refractivity contribution in [3.8, 4) is 33.4 Å². The van der Waals surface area contributed by atoms with Crippen molar-refractivity contribution in [2.45, 2.75) is 5.41 Å². The van der Waals surface area contributed by atoms with Gasteiger partial charge in [-0.05, 0) is 92.5 Å². The van der Waals surface area contributed by atoms with Crippen LogP contribution in [0.1, 0.15) is 22.3 Å². The van der Waals surface area contributed by atoms with Crippen LogP contribution in [-0.4, -0.2) is 0 Å². The van der Waals surface area contributed by atoms with Gasteiger partial charge in [-0.15, -0.1) is 11.3 Å². The summed E-state index contributed by atoms with van der Waals surface area (Å²) in [7, 11) is 0. The number of fused-ring (bicyclic) bond motifs is 6. The minimum Gasteiger partial charge on any atom is -0.310 e. The molecule has 10 aromatic rings. The van der Waals surface area contributed by atoms with E-state index in [1.165, 1.54) is 75.8 Å². The Morgan fingerprint density at radius 2 is 0.877 bits per heavy atom. The van der Waals surface area contributed by atoms with Gasteiger partial charge < -0.3 is 4.90 Å². The van der Waals surface area contributed by atoms with Gasteiger partial charge in [0.1, 0.15) is 0 Å². The fourth-order valence-corrected chi connectivity index (χ4v) is 10.4. The van der Waals surface area contributed by atoms with Crippen molar-refractivity contribution < 1.29 is 0 Å². The molecule has 1 heterocycles. The average molecular weight is 744 g/mol. The van der Waals surface area contributed by atoms with E-state index < -0.39 is 5.41 Å². The molecule has 1 nitrogen and oxygen atoms in total. The molecular weight excluding hydrogens is 707 g/mol. The van der Waals surface area contributed by atoms with Crippen LogP contribution >= 0.6 is 11.3 Å². The zero-order chi connectivity index (χ0) is 37.8. The molecular formula is C55H37NS. The summed E-state index contributed by atoms with van der Waals surface area (Å²) in [5, 5.41) is 2.60. The molecule has 2 heteroatoms. The van der Waals surface area contributed by atoms with Crippen LogP contribution in [0.25, 0.3) is 53.6 Å². The molecule has 0 spiro atoms. The second-order valence-electron chi connectivity index (χ2n) is 14.8. The Hall–Kier alpha value is -7.00. The second-order valence-corrected chi connectivity index (χ2v) is 15.9. The predicted molar refractivity (Wildman–Crippen MR) is 242 cm³/mol. The Labute approximate surface area is 337 Å². The van der Waals surface area contributed by atoms with Gasteiger partial charge in [0, 0.05) is 37.1 Å². The van der Waals surface area contributed by atoms with E-state index in [9.17, 15) is 0 Å². The highest BCUT2D eigenvalue weighted by molar-refractivity contribution is 7.25. The SMILES string of the molecule is c1ccc(-c2ccc(N(c3ccc4c(c3)sc3ccccc34)c3cc4c(cc3-c3ccccc3)C(c3ccccc3)(c3ccccc3)c3ccccc3-4)cc2)cc1. The Balaban J connectivity index is 1.22. The van der Waals surface area contributed by atoms with Crippen molar-refractivity contribution in [1.29, 1.82) is 0 Å². The lowest BCUT2D eigenvalue weighted by molar-refractivity contribution is 0.769. The molecule has 0 aliphatic heterocycles. The minimum atomic E-state index is -0.505. The van der Waals surface area contributed by atoms with E-state index >= 15 is 0 Å². The lowest BCUT2D eigenvalue weighted by Crippen LogP contribution is -2.28. The van der Waals surface area contributed by atoms with E-state index in [4.69, 9.17) is 0 Å². The summed E-state index contributed by atoms with van der Waals surface area (Å²) >= 11 is 1.86. The molecule has 11 rings (SSSR count). The van der Waals surface area contributed by atoms with Crippen molar-refractivity contribution in [1.82, 2.24) is 0 Å². The topological polar surface area (TPSA) is 3.24 Å². The summed E-state index contributed by atoms with van der Waals surface area (Å²) in [5.41, 5.74) is 15.3. The minimum absolute atomic E-state index is 0.505. The summed E-state index contributed by atoms with van der Waals surface area (Å²) in [5.74, 6) is 0. The lowest BCUT2D eigenvalue weighted by Gasteiger charge is -2.35. The van der Waals surface area contributed by atoms with Crippen LogP contribution < -0.4 is 4.90 Å². The fraction of sp³-hybridized carbons (Fsp3) is 0.0182. The summed E-state index contributed by atoms with van der Waals surface area (Å²) in [6.45, 7) is 0. The first kappa shape index (κ1) is 33.3. The van der Waals surface area contributed by atoms with E-state index in [0.29, 0.717) is 0 Å². The maximum atomic E-state index is 2.50. The zero-order valence-electron chi connectivity index (χ0n) is 31.2. The standard InChI is InChI=1S/C55H37NS/c1-5-17-38(18-6-1)39-29-31-43(32-30-39)56(44-33-34-47-46-26-14-16-28-53(46)57-54(47)35-44)52-37-49-45-25-13-15-27-50(45)55(41-21-9-3-10-22-41,42-23-11-4-12-24-42)51(49)36-48(52)40-19-7-2-8-20-40/h1-37H. The zero-order valence-corrected chi connectivity index (χ0v) is 32.0. The van der Waals surface area contributed by atoms with Gasteiger partial charge in [-0.1, -0.05) is 182 Å². The van der Waals surface area contributed by atoms with Gasteiger partial charge in [0.25, 0.3) is 0 Å². The quantitative estimate of drug-likeness (QED) is 0.157. The number of hydrogen-bond donors (Lipinski definition) is 0. The number of rotatable bonds is 7. The smallest absolute Gasteiger partial charge is 0.0713 e. The second kappa shape index (κ2) is 13.6. The van der Waals surface area contributed by atoms with Crippen LogP contribution in [0.4, 0.5) is 17.1 Å². The van der Waals surface area contributed by atoms with Crippen molar-refractivity contribution in [3.05, 3.63) is 247 Å². The molecule has 0 fully saturated rings. The van der Waals surface area contributed by atoms with Crippen LogP contribution in [0, 0.1) is 0 Å². The van der Waals surface area contributed by atoms with E-state index in [2.05, 4.69) is 229 Å². The summed E-state index contributed by atoms with van der Waals surface area (Å²) in [4.78, 5) is 2.48. The molecule has 0 bridgehead atoms. The molecule has 0 saturated heterocycles. The first-order valence-corrected chi connectivity index (χ1v) is 20.4. The molecule has 0 unspecified atom stereocenters. The van der Waals surface area contributed by atoms with E-state index in [-0.39, 0.29) is 0 Å². The molecule has 1 aliphatic carbocycles. The van der Waals surface area contributed by atoms with Gasteiger partial charge >= 0.3 is 0 Å². The molecule has 1 aliphatic rings. The van der Waals surface area contributed by atoms with Crippen molar-refractivity contribution in [2.75, 3.05) is 4.90 Å². The summed E-state index contributed by atoms with van der Waals surface area (Å²) in [6, 6.07) is 82.6. The van der Waals surface area contributed by atoms with E-state index in [1.54, 1.807) is 0 Å². The Morgan fingerprint density at radius 3 is 1.58 bits per heavy atom. The van der Waals surface area contributed by atoms with Crippen molar-refractivity contribution in [2.24, 2.45) is 0 Å². The van der Waals surface area contributed by atoms with Crippen molar-refractivity contribution >= 4 is 48.6 Å². The average Bonchev–Trinajstić information content (AvgIpc) is 3.81. The molecule has 0 amide bonds. The van der Waals surface area contributed by atoms with Crippen LogP contribution in [0.3, 0.4) is 0 Å². The highest BCUT2D eigenvalue weighted by Gasteiger charge is 2.46. The van der Waals surface area contributed by atoms with Gasteiger partial charge in [0.15, 0.2) is 0 Å². The van der Waals surface area contributed by atoms with Gasteiger partial charge in [0.2, 0.25) is 0 Å². The number of nitrogens with zero attached hydrogens (tertiary/aromatic N) is 1. The Bertz CT molecular complexity index is 3000.